The molecule has 1 aliphatic rings. The lowest BCUT2D eigenvalue weighted by Crippen LogP contribution is -2.60. The van der Waals surface area contributed by atoms with E-state index in [0.29, 0.717) is 5.56 Å². The van der Waals surface area contributed by atoms with Crippen molar-refractivity contribution in [2.24, 2.45) is 0 Å². The molecule has 1 saturated heterocycles. The molecular weight excluding hydrogens is 296 g/mol. The smallest absolute Gasteiger partial charge is 0.292 e. The lowest BCUT2D eigenvalue weighted by molar-refractivity contribution is -0.384. The second-order valence-electron chi connectivity index (χ2n) is 5.17. The SMILES string of the molecule is Cc1ccc(N[C@@H]2O[C@H](CO)[C@H](O)[C@@H](O)[C@H]2O)c([N+](=O)[O-])c1. The summed E-state index contributed by atoms with van der Waals surface area (Å²) >= 11 is 0. The Morgan fingerprint density at radius 1 is 1.27 bits per heavy atom. The van der Waals surface area contributed by atoms with Crippen molar-refractivity contribution >= 4 is 11.4 Å². The number of ether oxygens (including phenoxy) is 1. The number of nitrogens with zero attached hydrogens (tertiary/aromatic N) is 1. The zero-order valence-corrected chi connectivity index (χ0v) is 11.8. The molecule has 9 nitrogen and oxygen atoms in total. The molecule has 1 aliphatic heterocycles. The van der Waals surface area contributed by atoms with Crippen molar-refractivity contribution < 1.29 is 30.1 Å². The largest absolute Gasteiger partial charge is 0.394 e. The van der Waals surface area contributed by atoms with Gasteiger partial charge in [-0.15, -0.1) is 0 Å². The molecule has 22 heavy (non-hydrogen) atoms. The second-order valence-corrected chi connectivity index (χ2v) is 5.17. The summed E-state index contributed by atoms with van der Waals surface area (Å²) in [5.41, 5.74) is 0.572. The number of hydrogen-bond acceptors (Lipinski definition) is 8. The predicted octanol–water partition coefficient (Wildman–Crippen LogP) is -0.885. The van der Waals surface area contributed by atoms with Crippen LogP contribution in [0.15, 0.2) is 18.2 Å². The molecule has 2 rings (SSSR count). The van der Waals surface area contributed by atoms with Crippen LogP contribution in [0.4, 0.5) is 11.4 Å². The average Bonchev–Trinajstić information content (AvgIpc) is 2.49. The number of nitro benzene ring substituents is 1. The predicted molar refractivity (Wildman–Crippen MR) is 75.2 cm³/mol. The Hall–Kier alpha value is -1.78. The Bertz CT molecular complexity index is 551. The standard InChI is InChI=1S/C13H18N2O7/c1-6-2-3-7(8(4-6)15(20)21)14-13-12(19)11(18)10(17)9(5-16)22-13/h2-4,9-14,16-19H,5H2,1H3/t9-,10+,11-,12-,13-/m1/s1. The van der Waals surface area contributed by atoms with Gasteiger partial charge >= 0.3 is 0 Å². The molecular formula is C13H18N2O7. The highest BCUT2D eigenvalue weighted by atomic mass is 16.6. The van der Waals surface area contributed by atoms with Crippen LogP contribution >= 0.6 is 0 Å². The summed E-state index contributed by atoms with van der Waals surface area (Å²) in [6.07, 6.45) is -6.84. The van der Waals surface area contributed by atoms with Crippen molar-refractivity contribution in [3.05, 3.63) is 33.9 Å². The van der Waals surface area contributed by atoms with Gasteiger partial charge in [-0.1, -0.05) is 6.07 Å². The maximum Gasteiger partial charge on any atom is 0.292 e. The summed E-state index contributed by atoms with van der Waals surface area (Å²) in [6, 6.07) is 4.45. The van der Waals surface area contributed by atoms with E-state index in [1.165, 1.54) is 12.1 Å². The molecule has 5 N–H and O–H groups in total. The summed E-state index contributed by atoms with van der Waals surface area (Å²) in [5, 5.41) is 52.1. The number of benzene rings is 1. The number of aryl methyl sites for hydroxylation is 1. The molecule has 5 atom stereocenters. The van der Waals surface area contributed by atoms with Gasteiger partial charge in [0.15, 0.2) is 6.23 Å². The third-order valence-electron chi connectivity index (χ3n) is 3.54. The third kappa shape index (κ3) is 3.18. The molecule has 122 valence electrons. The topological polar surface area (TPSA) is 145 Å². The van der Waals surface area contributed by atoms with Gasteiger partial charge in [-0.2, -0.15) is 0 Å². The maximum absolute atomic E-state index is 11.1. The summed E-state index contributed by atoms with van der Waals surface area (Å²) in [4.78, 5) is 10.5. The molecule has 0 amide bonds. The van der Waals surface area contributed by atoms with Crippen molar-refractivity contribution in [2.75, 3.05) is 11.9 Å². The van der Waals surface area contributed by atoms with E-state index < -0.39 is 42.2 Å². The van der Waals surface area contributed by atoms with Gasteiger partial charge in [-0.05, 0) is 18.6 Å². The molecule has 1 fully saturated rings. The van der Waals surface area contributed by atoms with Crippen molar-refractivity contribution in [1.82, 2.24) is 0 Å². The molecule has 0 unspecified atom stereocenters. The number of nitro groups is 1. The fraction of sp³-hybridized carbons (Fsp3) is 0.538. The number of hydrogen-bond donors (Lipinski definition) is 5. The third-order valence-corrected chi connectivity index (χ3v) is 3.54. The van der Waals surface area contributed by atoms with Gasteiger partial charge < -0.3 is 30.5 Å². The van der Waals surface area contributed by atoms with Gasteiger partial charge in [0.05, 0.1) is 11.5 Å². The molecule has 1 heterocycles. The Balaban J connectivity index is 2.24. The number of nitrogens with one attached hydrogen (secondary N) is 1. The number of aliphatic hydroxyl groups is 4. The highest BCUT2D eigenvalue weighted by molar-refractivity contribution is 5.62. The van der Waals surface area contributed by atoms with Gasteiger partial charge in [0.1, 0.15) is 30.1 Å². The number of rotatable bonds is 4. The first-order valence-corrected chi connectivity index (χ1v) is 6.67. The first kappa shape index (κ1) is 16.6. The summed E-state index contributed by atoms with van der Waals surface area (Å²) in [5.74, 6) is 0. The fourth-order valence-electron chi connectivity index (χ4n) is 2.29. The Morgan fingerprint density at radius 3 is 2.55 bits per heavy atom. The van der Waals surface area contributed by atoms with Gasteiger partial charge in [-0.25, -0.2) is 0 Å². The molecule has 0 saturated carbocycles. The van der Waals surface area contributed by atoms with Crippen LogP contribution in [0.3, 0.4) is 0 Å². The van der Waals surface area contributed by atoms with Crippen LogP contribution in [0.5, 0.6) is 0 Å². The quantitative estimate of drug-likeness (QED) is 0.355. The van der Waals surface area contributed by atoms with E-state index >= 15 is 0 Å². The van der Waals surface area contributed by atoms with Crippen molar-refractivity contribution in [3.8, 4) is 0 Å². The average molecular weight is 314 g/mol. The maximum atomic E-state index is 11.1. The first-order valence-electron chi connectivity index (χ1n) is 6.67. The van der Waals surface area contributed by atoms with Crippen molar-refractivity contribution in [2.45, 2.75) is 37.6 Å². The van der Waals surface area contributed by atoms with Gasteiger partial charge in [0, 0.05) is 6.07 Å². The van der Waals surface area contributed by atoms with E-state index in [9.17, 15) is 25.4 Å². The van der Waals surface area contributed by atoms with Crippen LogP contribution in [0.2, 0.25) is 0 Å². The Morgan fingerprint density at radius 2 is 1.95 bits per heavy atom. The van der Waals surface area contributed by atoms with E-state index in [-0.39, 0.29) is 11.4 Å². The molecule has 1 aromatic rings. The van der Waals surface area contributed by atoms with Gasteiger partial charge in [0.2, 0.25) is 0 Å². The summed E-state index contributed by atoms with van der Waals surface area (Å²) in [6.45, 7) is 1.13. The van der Waals surface area contributed by atoms with Crippen LogP contribution in [0.1, 0.15) is 5.56 Å². The number of anilines is 1. The van der Waals surface area contributed by atoms with E-state index in [2.05, 4.69) is 5.32 Å². The summed E-state index contributed by atoms with van der Waals surface area (Å²) in [7, 11) is 0. The van der Waals surface area contributed by atoms with Crippen LogP contribution in [-0.4, -0.2) is 62.6 Å². The van der Waals surface area contributed by atoms with E-state index in [0.717, 1.165) is 0 Å². The Labute approximate surface area is 125 Å². The van der Waals surface area contributed by atoms with Gasteiger partial charge in [-0.3, -0.25) is 10.1 Å². The minimum absolute atomic E-state index is 0.0972. The molecule has 9 heteroatoms. The monoisotopic (exact) mass is 314 g/mol. The van der Waals surface area contributed by atoms with E-state index in [4.69, 9.17) is 9.84 Å². The first-order chi connectivity index (χ1) is 10.3. The fourth-order valence-corrected chi connectivity index (χ4v) is 2.29. The molecule has 0 aromatic heterocycles. The van der Waals surface area contributed by atoms with Crippen molar-refractivity contribution in [1.29, 1.82) is 0 Å². The van der Waals surface area contributed by atoms with Gasteiger partial charge in [0.25, 0.3) is 5.69 Å². The highest BCUT2D eigenvalue weighted by Gasteiger charge is 2.43. The normalized spacial score (nSPS) is 31.8. The Kier molecular flexibility index (Phi) is 4.94. The zero-order chi connectivity index (χ0) is 16.4. The molecule has 0 bridgehead atoms. The minimum Gasteiger partial charge on any atom is -0.394 e. The lowest BCUT2D eigenvalue weighted by Gasteiger charge is -2.40. The lowest BCUT2D eigenvalue weighted by atomic mass is 9.98. The molecule has 0 spiro atoms. The minimum atomic E-state index is -1.55. The van der Waals surface area contributed by atoms with Crippen LogP contribution in [0, 0.1) is 17.0 Å². The zero-order valence-electron chi connectivity index (χ0n) is 11.8. The van der Waals surface area contributed by atoms with Crippen molar-refractivity contribution in [3.63, 3.8) is 0 Å². The molecule has 1 aromatic carbocycles. The van der Waals surface area contributed by atoms with E-state index in [1.54, 1.807) is 13.0 Å². The van der Waals surface area contributed by atoms with E-state index in [1.807, 2.05) is 0 Å². The molecule has 0 aliphatic carbocycles. The summed E-state index contributed by atoms with van der Waals surface area (Å²) < 4.78 is 5.26. The second kappa shape index (κ2) is 6.55. The van der Waals surface area contributed by atoms with Crippen LogP contribution in [-0.2, 0) is 4.74 Å². The van der Waals surface area contributed by atoms with Crippen LogP contribution < -0.4 is 5.32 Å². The number of aliphatic hydroxyl groups excluding tert-OH is 4. The highest BCUT2D eigenvalue weighted by Crippen LogP contribution is 2.29. The molecule has 0 radical (unpaired) electrons. The van der Waals surface area contributed by atoms with Crippen LogP contribution in [0.25, 0.3) is 0 Å².